The summed E-state index contributed by atoms with van der Waals surface area (Å²) in [7, 11) is 0. The van der Waals surface area contributed by atoms with Crippen molar-refractivity contribution in [3.05, 3.63) is 65.7 Å². The van der Waals surface area contributed by atoms with Crippen molar-refractivity contribution in [1.29, 1.82) is 0 Å². The van der Waals surface area contributed by atoms with Crippen LogP contribution >= 0.6 is 11.6 Å². The molecule has 4 heteroatoms. The van der Waals surface area contributed by atoms with Crippen molar-refractivity contribution in [1.82, 2.24) is 0 Å². The van der Waals surface area contributed by atoms with Gasteiger partial charge >= 0.3 is 0 Å². The highest BCUT2D eigenvalue weighted by Crippen LogP contribution is 2.16. The predicted molar refractivity (Wildman–Crippen MR) is 73.4 cm³/mol. The van der Waals surface area contributed by atoms with Crippen LogP contribution in [0.3, 0.4) is 0 Å². The number of aliphatic hydroxyl groups is 1. The number of aliphatic hydroxyl groups excluding tert-OH is 1. The van der Waals surface area contributed by atoms with Crippen LogP contribution in [0.4, 0.5) is 0 Å². The zero-order valence-corrected chi connectivity index (χ0v) is 10.9. The molecule has 0 aliphatic heterocycles. The molecule has 0 aromatic heterocycles. The molecule has 19 heavy (non-hydrogen) atoms. The van der Waals surface area contributed by atoms with Gasteiger partial charge in [0.05, 0.1) is 0 Å². The topological polar surface area (TPSA) is 46.5 Å². The summed E-state index contributed by atoms with van der Waals surface area (Å²) in [4.78, 5) is 12.0. The lowest BCUT2D eigenvalue weighted by Gasteiger charge is -2.07. The van der Waals surface area contributed by atoms with Gasteiger partial charge in [-0.05, 0) is 41.4 Å². The highest BCUT2D eigenvalue weighted by atomic mass is 35.5. The molecule has 1 N–H and O–H groups in total. The molecule has 2 aromatic rings. The lowest BCUT2D eigenvalue weighted by atomic mass is 10.0. The van der Waals surface area contributed by atoms with Gasteiger partial charge in [-0.2, -0.15) is 0 Å². The van der Waals surface area contributed by atoms with Crippen LogP contribution in [0.2, 0.25) is 0 Å². The van der Waals surface area contributed by atoms with Gasteiger partial charge in [0, 0.05) is 12.0 Å². The van der Waals surface area contributed by atoms with Crippen molar-refractivity contribution >= 4 is 17.4 Å². The molecule has 0 saturated carbocycles. The number of ether oxygens (including phenoxy) is 1. The first-order chi connectivity index (χ1) is 9.15. The fourth-order valence-corrected chi connectivity index (χ4v) is 1.82. The number of benzene rings is 2. The molecule has 0 aliphatic rings. The average molecular weight is 277 g/mol. The quantitative estimate of drug-likeness (QED) is 0.519. The van der Waals surface area contributed by atoms with Gasteiger partial charge in [0.25, 0.3) is 5.75 Å². The van der Waals surface area contributed by atoms with E-state index in [9.17, 15) is 4.79 Å². The van der Waals surface area contributed by atoms with E-state index in [4.69, 9.17) is 21.4 Å². The highest BCUT2D eigenvalue weighted by molar-refractivity contribution is 6.18. The van der Waals surface area contributed by atoms with Gasteiger partial charge in [-0.1, -0.05) is 30.3 Å². The number of hydrogen-bond donors (Lipinski definition) is 1. The van der Waals surface area contributed by atoms with E-state index in [0.29, 0.717) is 17.7 Å². The van der Waals surface area contributed by atoms with E-state index in [1.807, 2.05) is 30.3 Å². The van der Waals surface area contributed by atoms with Gasteiger partial charge < -0.3 is 9.84 Å². The molecule has 0 saturated heterocycles. The minimum atomic E-state index is -1.38. The maximum absolute atomic E-state index is 12.0. The number of ketones is 1. The van der Waals surface area contributed by atoms with E-state index < -0.39 is 5.75 Å². The van der Waals surface area contributed by atoms with Crippen LogP contribution in [0.1, 0.15) is 15.9 Å². The van der Waals surface area contributed by atoms with E-state index in [1.165, 1.54) is 0 Å². The molecular formula is C15H13ClO3. The van der Waals surface area contributed by atoms with Gasteiger partial charge in [0.15, 0.2) is 5.78 Å². The molecule has 0 fully saturated rings. The second-order valence-electron chi connectivity index (χ2n) is 4.02. The van der Waals surface area contributed by atoms with Crippen LogP contribution < -0.4 is 4.74 Å². The Morgan fingerprint density at radius 2 is 1.74 bits per heavy atom. The van der Waals surface area contributed by atoms with Crippen LogP contribution in [0.25, 0.3) is 0 Å². The Kier molecular flexibility index (Phi) is 4.55. The SMILES string of the molecule is O=C(Cc1ccccc1)c1ccc(OC(O)Cl)cc1. The largest absolute Gasteiger partial charge is 0.451 e. The summed E-state index contributed by atoms with van der Waals surface area (Å²) in [6.45, 7) is 0. The first-order valence-corrected chi connectivity index (χ1v) is 6.25. The zero-order chi connectivity index (χ0) is 13.7. The number of Topliss-reactive ketones (excluding diaryl/α,β-unsaturated/α-hetero) is 1. The van der Waals surface area contributed by atoms with Gasteiger partial charge in [-0.25, -0.2) is 0 Å². The number of carbonyl (C=O) groups is 1. The second kappa shape index (κ2) is 6.36. The first-order valence-electron chi connectivity index (χ1n) is 5.81. The van der Waals surface area contributed by atoms with Crippen LogP contribution in [0, 0.1) is 0 Å². The summed E-state index contributed by atoms with van der Waals surface area (Å²) in [6.07, 6.45) is 0.360. The molecule has 0 amide bonds. The summed E-state index contributed by atoms with van der Waals surface area (Å²) in [5, 5.41) is 8.86. The normalized spacial score (nSPS) is 11.9. The van der Waals surface area contributed by atoms with Crippen LogP contribution in [0.15, 0.2) is 54.6 Å². The Morgan fingerprint density at radius 3 is 2.32 bits per heavy atom. The third-order valence-corrected chi connectivity index (χ3v) is 2.71. The van der Waals surface area contributed by atoms with Crippen LogP contribution in [-0.4, -0.2) is 16.6 Å². The van der Waals surface area contributed by atoms with Crippen molar-refractivity contribution < 1.29 is 14.6 Å². The van der Waals surface area contributed by atoms with Crippen molar-refractivity contribution in [2.24, 2.45) is 0 Å². The zero-order valence-electron chi connectivity index (χ0n) is 10.1. The molecule has 3 nitrogen and oxygen atoms in total. The standard InChI is InChI=1S/C15H13ClO3/c16-15(18)19-13-8-6-12(7-9-13)14(17)10-11-4-2-1-3-5-11/h1-9,15,18H,10H2. The Morgan fingerprint density at radius 1 is 1.11 bits per heavy atom. The molecule has 2 aromatic carbocycles. The second-order valence-corrected chi connectivity index (χ2v) is 4.39. The molecule has 2 rings (SSSR count). The monoisotopic (exact) mass is 276 g/mol. The maximum Gasteiger partial charge on any atom is 0.277 e. The smallest absolute Gasteiger partial charge is 0.277 e. The first kappa shape index (κ1) is 13.6. The summed E-state index contributed by atoms with van der Waals surface area (Å²) < 4.78 is 4.88. The van der Waals surface area contributed by atoms with E-state index in [-0.39, 0.29) is 5.78 Å². The maximum atomic E-state index is 12.0. The summed E-state index contributed by atoms with van der Waals surface area (Å²) in [5.74, 6) is -0.936. The molecule has 1 atom stereocenters. The fraction of sp³-hybridized carbons (Fsp3) is 0.133. The van der Waals surface area contributed by atoms with Crippen molar-refractivity contribution in [3.63, 3.8) is 0 Å². The Labute approximate surface area is 116 Å². The van der Waals surface area contributed by atoms with E-state index in [0.717, 1.165) is 5.56 Å². The highest BCUT2D eigenvalue weighted by Gasteiger charge is 2.07. The van der Waals surface area contributed by atoms with Crippen LogP contribution in [-0.2, 0) is 6.42 Å². The molecule has 0 spiro atoms. The number of carbonyl (C=O) groups excluding carboxylic acids is 1. The van der Waals surface area contributed by atoms with E-state index in [2.05, 4.69) is 0 Å². The summed E-state index contributed by atoms with van der Waals surface area (Å²) in [6, 6.07) is 16.1. The van der Waals surface area contributed by atoms with Gasteiger partial charge in [0.2, 0.25) is 0 Å². The number of rotatable bonds is 5. The average Bonchev–Trinajstić information content (AvgIpc) is 2.40. The molecule has 1 unspecified atom stereocenters. The van der Waals surface area contributed by atoms with Crippen LogP contribution in [0.5, 0.6) is 5.75 Å². The number of halogens is 1. The number of alkyl halides is 1. The minimum absolute atomic E-state index is 0.0316. The summed E-state index contributed by atoms with van der Waals surface area (Å²) >= 11 is 5.29. The predicted octanol–water partition coefficient (Wildman–Crippen LogP) is 3.01. The molecule has 0 aliphatic carbocycles. The third kappa shape index (κ3) is 4.09. The fourth-order valence-electron chi connectivity index (χ4n) is 1.72. The van der Waals surface area contributed by atoms with Gasteiger partial charge in [-0.15, -0.1) is 0 Å². The summed E-state index contributed by atoms with van der Waals surface area (Å²) in [5.41, 5.74) is 1.57. The van der Waals surface area contributed by atoms with Crippen molar-refractivity contribution in [3.8, 4) is 5.75 Å². The molecule has 0 radical (unpaired) electrons. The van der Waals surface area contributed by atoms with Gasteiger partial charge in [0.1, 0.15) is 5.75 Å². The Bertz CT molecular complexity index is 535. The molecule has 0 bridgehead atoms. The number of hydrogen-bond acceptors (Lipinski definition) is 3. The van der Waals surface area contributed by atoms with E-state index >= 15 is 0 Å². The minimum Gasteiger partial charge on any atom is -0.451 e. The Hall–Kier alpha value is -1.84. The Balaban J connectivity index is 2.04. The third-order valence-electron chi connectivity index (χ3n) is 2.62. The van der Waals surface area contributed by atoms with Gasteiger partial charge in [-0.3, -0.25) is 4.79 Å². The van der Waals surface area contributed by atoms with E-state index in [1.54, 1.807) is 24.3 Å². The lowest BCUT2D eigenvalue weighted by Crippen LogP contribution is -2.07. The molecule has 98 valence electrons. The molecule has 0 heterocycles. The molecular weight excluding hydrogens is 264 g/mol. The van der Waals surface area contributed by atoms with Crippen molar-refractivity contribution in [2.75, 3.05) is 0 Å². The van der Waals surface area contributed by atoms with Crippen molar-refractivity contribution in [2.45, 2.75) is 12.2 Å². The lowest BCUT2D eigenvalue weighted by molar-refractivity contribution is 0.0554.